The van der Waals surface area contributed by atoms with E-state index in [1.807, 2.05) is 30.8 Å². The number of carbonyl (C=O) groups excluding carboxylic acids is 2. The molecule has 2 aliphatic carbocycles. The highest BCUT2D eigenvalue weighted by Gasteiger charge is 2.54. The lowest BCUT2D eigenvalue weighted by Crippen LogP contribution is -2.53. The molecule has 1 aliphatic heterocycles. The Balaban J connectivity index is 1.53. The quantitative estimate of drug-likeness (QED) is 0.703. The summed E-state index contributed by atoms with van der Waals surface area (Å²) < 4.78 is 0. The zero-order valence-corrected chi connectivity index (χ0v) is 20.9. The van der Waals surface area contributed by atoms with Crippen LogP contribution in [0.1, 0.15) is 62.9 Å². The molecule has 0 radical (unpaired) electrons. The molecule has 2 amide bonds. The van der Waals surface area contributed by atoms with E-state index in [1.54, 1.807) is 11.3 Å². The second-order valence-electron chi connectivity index (χ2n) is 10.8. The summed E-state index contributed by atoms with van der Waals surface area (Å²) in [6.07, 6.45) is 4.40. The SMILES string of the molecule is C[C@H](C(=O)N1CCCC1)[C@H]1CC[C@]2(C)Cc3sc(NC(=O)CN(C)C)nc3[C@H](C)[C@@H]2[C@H]1O. The van der Waals surface area contributed by atoms with Gasteiger partial charge in [-0.05, 0) is 63.5 Å². The predicted molar refractivity (Wildman–Crippen MR) is 127 cm³/mol. The number of likely N-dealkylation sites (tertiary alicyclic amines) is 1. The van der Waals surface area contributed by atoms with Gasteiger partial charge in [-0.2, -0.15) is 0 Å². The number of aromatic nitrogens is 1. The van der Waals surface area contributed by atoms with Crippen LogP contribution in [0.3, 0.4) is 0 Å². The summed E-state index contributed by atoms with van der Waals surface area (Å²) in [6, 6.07) is 0. The van der Waals surface area contributed by atoms with Gasteiger partial charge >= 0.3 is 0 Å². The number of fused-ring (bicyclic) bond motifs is 2. The number of nitrogens with zero attached hydrogens (tertiary/aromatic N) is 3. The van der Waals surface area contributed by atoms with Crippen LogP contribution in [0, 0.1) is 23.2 Å². The number of rotatable bonds is 5. The number of aliphatic hydroxyl groups excluding tert-OH is 1. The third-order valence-electron chi connectivity index (χ3n) is 8.08. The first-order valence-electron chi connectivity index (χ1n) is 12.0. The average Bonchev–Trinajstić information content (AvgIpc) is 3.36. The third kappa shape index (κ3) is 4.33. The lowest BCUT2D eigenvalue weighted by Gasteiger charge is -2.53. The van der Waals surface area contributed by atoms with Crippen molar-refractivity contribution in [3.05, 3.63) is 10.6 Å². The van der Waals surface area contributed by atoms with E-state index in [0.717, 1.165) is 50.9 Å². The second-order valence-corrected chi connectivity index (χ2v) is 11.9. The molecule has 32 heavy (non-hydrogen) atoms. The summed E-state index contributed by atoms with van der Waals surface area (Å²) in [5, 5.41) is 15.2. The van der Waals surface area contributed by atoms with Gasteiger partial charge in [-0.15, -0.1) is 11.3 Å². The maximum atomic E-state index is 13.1. The van der Waals surface area contributed by atoms with Gasteiger partial charge in [-0.3, -0.25) is 9.59 Å². The monoisotopic (exact) mass is 462 g/mol. The summed E-state index contributed by atoms with van der Waals surface area (Å²) in [5.74, 6) is 0.132. The van der Waals surface area contributed by atoms with Crippen LogP contribution < -0.4 is 5.32 Å². The molecule has 1 saturated carbocycles. The van der Waals surface area contributed by atoms with E-state index in [4.69, 9.17) is 4.98 Å². The fourth-order valence-corrected chi connectivity index (χ4v) is 7.73. The Bertz CT molecular complexity index is 865. The van der Waals surface area contributed by atoms with Crippen molar-refractivity contribution >= 4 is 28.3 Å². The number of aliphatic hydroxyl groups is 1. The van der Waals surface area contributed by atoms with E-state index < -0.39 is 6.10 Å². The molecule has 4 rings (SSSR count). The Morgan fingerprint density at radius 1 is 1.34 bits per heavy atom. The van der Waals surface area contributed by atoms with Crippen molar-refractivity contribution in [3.63, 3.8) is 0 Å². The first-order chi connectivity index (χ1) is 15.1. The van der Waals surface area contributed by atoms with Gasteiger partial charge in [0.05, 0.1) is 18.3 Å². The third-order valence-corrected chi connectivity index (χ3v) is 9.06. The Labute approximate surface area is 195 Å². The molecular formula is C24H38N4O3S. The smallest absolute Gasteiger partial charge is 0.240 e. The molecule has 1 aromatic heterocycles. The zero-order valence-electron chi connectivity index (χ0n) is 20.1. The van der Waals surface area contributed by atoms with E-state index in [2.05, 4.69) is 19.2 Å². The Kier molecular flexibility index (Phi) is 6.67. The maximum Gasteiger partial charge on any atom is 0.240 e. The van der Waals surface area contributed by atoms with Gasteiger partial charge in [0.25, 0.3) is 0 Å². The van der Waals surface area contributed by atoms with E-state index in [1.165, 1.54) is 4.88 Å². The molecule has 0 unspecified atom stereocenters. The van der Waals surface area contributed by atoms with Crippen LogP contribution in [0.15, 0.2) is 0 Å². The lowest BCUT2D eigenvalue weighted by atomic mass is 9.53. The van der Waals surface area contributed by atoms with Crippen LogP contribution in [-0.4, -0.2) is 71.5 Å². The van der Waals surface area contributed by atoms with Crippen LogP contribution >= 0.6 is 11.3 Å². The standard InChI is InChI=1S/C24H38N4O3S/c1-14(22(31)28-10-6-7-11-28)16-8-9-24(3)12-17-20(15(2)19(24)21(16)30)26-23(32-17)25-18(29)13-27(4)5/h14-16,19,21,30H,6-13H2,1-5H3,(H,25,26,29)/t14-,15+,16+,19+,21-,24+/m0/s1. The predicted octanol–water partition coefficient (Wildman–Crippen LogP) is 2.95. The molecule has 1 saturated heterocycles. The van der Waals surface area contributed by atoms with Gasteiger partial charge in [-0.1, -0.05) is 20.8 Å². The van der Waals surface area contributed by atoms with Gasteiger partial charge in [0.1, 0.15) is 0 Å². The molecule has 178 valence electrons. The molecule has 2 fully saturated rings. The van der Waals surface area contributed by atoms with E-state index >= 15 is 0 Å². The molecule has 7 nitrogen and oxygen atoms in total. The van der Waals surface area contributed by atoms with E-state index in [-0.39, 0.29) is 40.9 Å². The van der Waals surface area contributed by atoms with Crippen LogP contribution in [0.5, 0.6) is 0 Å². The highest BCUT2D eigenvalue weighted by Crippen LogP contribution is 2.57. The first-order valence-corrected chi connectivity index (χ1v) is 12.8. The van der Waals surface area contributed by atoms with Crippen molar-refractivity contribution < 1.29 is 14.7 Å². The molecule has 3 aliphatic rings. The number of amides is 2. The molecule has 6 atom stereocenters. The zero-order chi connectivity index (χ0) is 23.2. The topological polar surface area (TPSA) is 85.8 Å². The van der Waals surface area contributed by atoms with Crippen molar-refractivity contribution in [1.82, 2.24) is 14.8 Å². The van der Waals surface area contributed by atoms with Crippen molar-refractivity contribution in [2.45, 2.75) is 64.9 Å². The van der Waals surface area contributed by atoms with Crippen molar-refractivity contribution in [3.8, 4) is 0 Å². The molecular weight excluding hydrogens is 424 g/mol. The van der Waals surface area contributed by atoms with Crippen LogP contribution in [0.2, 0.25) is 0 Å². The number of likely N-dealkylation sites (N-methyl/N-ethyl adjacent to an activating group) is 1. The first kappa shape index (κ1) is 23.6. The maximum absolute atomic E-state index is 13.1. The van der Waals surface area contributed by atoms with Gasteiger partial charge in [0, 0.05) is 29.8 Å². The van der Waals surface area contributed by atoms with Crippen LogP contribution in [-0.2, 0) is 16.0 Å². The summed E-state index contributed by atoms with van der Waals surface area (Å²) >= 11 is 1.57. The summed E-state index contributed by atoms with van der Waals surface area (Å²) in [5.41, 5.74) is 0.992. The number of hydrogen-bond donors (Lipinski definition) is 2. The largest absolute Gasteiger partial charge is 0.392 e. The number of anilines is 1. The van der Waals surface area contributed by atoms with Gasteiger partial charge in [0.2, 0.25) is 11.8 Å². The molecule has 2 heterocycles. The Morgan fingerprint density at radius 3 is 2.69 bits per heavy atom. The lowest BCUT2D eigenvalue weighted by molar-refractivity contribution is -0.143. The number of thiazole rings is 1. The average molecular weight is 463 g/mol. The van der Waals surface area contributed by atoms with Crippen LogP contribution in [0.4, 0.5) is 5.13 Å². The molecule has 0 bridgehead atoms. The number of hydrogen-bond acceptors (Lipinski definition) is 6. The fraction of sp³-hybridized carbons (Fsp3) is 0.792. The van der Waals surface area contributed by atoms with E-state index in [9.17, 15) is 14.7 Å². The second kappa shape index (κ2) is 9.03. The van der Waals surface area contributed by atoms with Gasteiger partial charge in [-0.25, -0.2) is 4.98 Å². The fourth-order valence-electron chi connectivity index (χ4n) is 6.45. The molecule has 8 heteroatoms. The van der Waals surface area contributed by atoms with Gasteiger partial charge in [0.15, 0.2) is 5.13 Å². The van der Waals surface area contributed by atoms with Crippen molar-refractivity contribution in [2.75, 3.05) is 39.0 Å². The molecule has 1 aromatic rings. The normalized spacial score (nSPS) is 33.0. The highest BCUT2D eigenvalue weighted by molar-refractivity contribution is 7.15. The van der Waals surface area contributed by atoms with Crippen LogP contribution in [0.25, 0.3) is 0 Å². The minimum Gasteiger partial charge on any atom is -0.392 e. The van der Waals surface area contributed by atoms with Gasteiger partial charge < -0.3 is 20.2 Å². The minimum atomic E-state index is -0.521. The summed E-state index contributed by atoms with van der Waals surface area (Å²) in [4.78, 5) is 35.1. The summed E-state index contributed by atoms with van der Waals surface area (Å²) in [6.45, 7) is 8.49. The Morgan fingerprint density at radius 2 is 2.03 bits per heavy atom. The molecule has 2 N–H and O–H groups in total. The minimum absolute atomic E-state index is 0.0110. The molecule has 0 aromatic carbocycles. The highest BCUT2D eigenvalue weighted by atomic mass is 32.1. The van der Waals surface area contributed by atoms with Crippen molar-refractivity contribution in [2.24, 2.45) is 23.2 Å². The van der Waals surface area contributed by atoms with Crippen molar-refractivity contribution in [1.29, 1.82) is 0 Å². The van der Waals surface area contributed by atoms with E-state index in [0.29, 0.717) is 11.7 Å². The summed E-state index contributed by atoms with van der Waals surface area (Å²) in [7, 11) is 3.74. The Hall–Kier alpha value is -1.51. The molecule has 0 spiro atoms. The number of carbonyl (C=O) groups is 2. The number of nitrogens with one attached hydrogen (secondary N) is 1.